The Balaban J connectivity index is 2.21. The normalized spacial score (nSPS) is 21.8. The van der Waals surface area contributed by atoms with E-state index in [1.807, 2.05) is 0 Å². The number of aromatic amines is 1. The van der Waals surface area contributed by atoms with Gasteiger partial charge in [-0.15, -0.1) is 0 Å². The summed E-state index contributed by atoms with van der Waals surface area (Å²) < 4.78 is 4.58. The van der Waals surface area contributed by atoms with Gasteiger partial charge in [0.25, 0.3) is 11.6 Å². The van der Waals surface area contributed by atoms with E-state index in [4.69, 9.17) is 0 Å². The van der Waals surface area contributed by atoms with Gasteiger partial charge in [0.1, 0.15) is 11.7 Å². The van der Waals surface area contributed by atoms with Gasteiger partial charge in [-0.1, -0.05) is 0 Å². The van der Waals surface area contributed by atoms with Crippen molar-refractivity contribution in [2.75, 3.05) is 13.7 Å². The maximum absolute atomic E-state index is 12.2. The number of methoxy groups -OCH3 is 1. The third kappa shape index (κ3) is 2.48. The number of aliphatic hydroxyl groups is 1. The lowest BCUT2D eigenvalue weighted by Crippen LogP contribution is -2.41. The molecule has 0 saturated carbocycles. The number of aromatic nitrogens is 1. The summed E-state index contributed by atoms with van der Waals surface area (Å²) >= 11 is 0. The van der Waals surface area contributed by atoms with Gasteiger partial charge in [0, 0.05) is 19.0 Å². The molecule has 2 atom stereocenters. The lowest BCUT2D eigenvalue weighted by Gasteiger charge is -2.21. The van der Waals surface area contributed by atoms with Crippen LogP contribution < -0.4 is 0 Å². The molecule has 0 spiro atoms. The Bertz CT molecular complexity index is 554. The van der Waals surface area contributed by atoms with Gasteiger partial charge in [0.15, 0.2) is 0 Å². The second-order valence-electron chi connectivity index (χ2n) is 4.41. The second-order valence-corrected chi connectivity index (χ2v) is 4.41. The Labute approximate surface area is 113 Å². The highest BCUT2D eigenvalue weighted by Crippen LogP contribution is 2.22. The highest BCUT2D eigenvalue weighted by molar-refractivity contribution is 5.96. The first kappa shape index (κ1) is 14.0. The van der Waals surface area contributed by atoms with Crippen molar-refractivity contribution in [2.45, 2.75) is 18.6 Å². The number of esters is 1. The molecule has 9 nitrogen and oxygen atoms in total. The van der Waals surface area contributed by atoms with Crippen molar-refractivity contribution in [1.82, 2.24) is 9.88 Å². The van der Waals surface area contributed by atoms with Crippen molar-refractivity contribution in [3.63, 3.8) is 0 Å². The van der Waals surface area contributed by atoms with Gasteiger partial charge < -0.3 is 19.7 Å². The Morgan fingerprint density at radius 2 is 2.30 bits per heavy atom. The molecule has 1 saturated heterocycles. The van der Waals surface area contributed by atoms with E-state index < -0.39 is 28.9 Å². The number of likely N-dealkylation sites (tertiary alicyclic amines) is 1. The number of carbonyl (C=O) groups excluding carboxylic acids is 2. The van der Waals surface area contributed by atoms with Gasteiger partial charge in [-0.05, 0) is 0 Å². The van der Waals surface area contributed by atoms with Gasteiger partial charge in [-0.3, -0.25) is 14.9 Å². The van der Waals surface area contributed by atoms with Crippen LogP contribution >= 0.6 is 0 Å². The van der Waals surface area contributed by atoms with E-state index >= 15 is 0 Å². The number of hydrogen-bond acceptors (Lipinski definition) is 6. The summed E-state index contributed by atoms with van der Waals surface area (Å²) in [6, 6.07) is 0.200. The lowest BCUT2D eigenvalue weighted by atomic mass is 10.2. The zero-order chi connectivity index (χ0) is 14.9. The molecule has 9 heteroatoms. The number of nitrogens with zero attached hydrogens (tertiary/aromatic N) is 2. The zero-order valence-electron chi connectivity index (χ0n) is 10.6. The SMILES string of the molecule is COC(=O)C1CC(O)CN1C(=O)c1cc([N+](=O)[O-])c[nH]1. The molecule has 1 aliphatic rings. The average molecular weight is 283 g/mol. The molecule has 2 unspecified atom stereocenters. The van der Waals surface area contributed by atoms with Crippen molar-refractivity contribution in [1.29, 1.82) is 0 Å². The molecule has 1 amide bonds. The summed E-state index contributed by atoms with van der Waals surface area (Å²) in [5.74, 6) is -1.22. The van der Waals surface area contributed by atoms with Crippen LogP contribution in [-0.2, 0) is 9.53 Å². The van der Waals surface area contributed by atoms with Crippen LogP contribution in [0.1, 0.15) is 16.9 Å². The lowest BCUT2D eigenvalue weighted by molar-refractivity contribution is -0.384. The molecule has 1 aliphatic heterocycles. The molecule has 0 aliphatic carbocycles. The van der Waals surface area contributed by atoms with Crippen LogP contribution in [0.2, 0.25) is 0 Å². The quantitative estimate of drug-likeness (QED) is 0.444. The number of nitrogens with one attached hydrogen (secondary N) is 1. The Kier molecular flexibility index (Phi) is 3.70. The number of hydrogen-bond donors (Lipinski definition) is 2. The van der Waals surface area contributed by atoms with Gasteiger partial charge in [0.05, 0.1) is 24.3 Å². The minimum Gasteiger partial charge on any atom is -0.467 e. The van der Waals surface area contributed by atoms with E-state index in [0.29, 0.717) is 0 Å². The molecule has 0 bridgehead atoms. The molecule has 2 rings (SSSR count). The first-order valence-electron chi connectivity index (χ1n) is 5.83. The number of rotatable bonds is 3. The second kappa shape index (κ2) is 5.29. The zero-order valence-corrected chi connectivity index (χ0v) is 10.6. The molecule has 1 fully saturated rings. The van der Waals surface area contributed by atoms with Crippen molar-refractivity contribution in [3.8, 4) is 0 Å². The third-order valence-electron chi connectivity index (χ3n) is 3.12. The third-order valence-corrected chi connectivity index (χ3v) is 3.12. The van der Waals surface area contributed by atoms with Gasteiger partial charge >= 0.3 is 5.97 Å². The van der Waals surface area contributed by atoms with E-state index in [-0.39, 0.29) is 24.3 Å². The summed E-state index contributed by atoms with van der Waals surface area (Å²) in [4.78, 5) is 37.4. The minimum atomic E-state index is -0.884. The highest BCUT2D eigenvalue weighted by Gasteiger charge is 2.40. The molecule has 2 N–H and O–H groups in total. The van der Waals surface area contributed by atoms with Crippen LogP contribution in [0.25, 0.3) is 0 Å². The van der Waals surface area contributed by atoms with Crippen LogP contribution in [0.4, 0.5) is 5.69 Å². The molecule has 2 heterocycles. The Morgan fingerprint density at radius 1 is 1.60 bits per heavy atom. The highest BCUT2D eigenvalue weighted by atomic mass is 16.6. The molecule has 1 aromatic rings. The molecule has 108 valence electrons. The predicted octanol–water partition coefficient (Wildman–Crippen LogP) is -0.329. The van der Waals surface area contributed by atoms with Crippen LogP contribution in [0, 0.1) is 10.1 Å². The van der Waals surface area contributed by atoms with Crippen molar-refractivity contribution < 1.29 is 24.4 Å². The number of ether oxygens (including phenoxy) is 1. The van der Waals surface area contributed by atoms with Crippen molar-refractivity contribution in [3.05, 3.63) is 28.1 Å². The molecule has 20 heavy (non-hydrogen) atoms. The summed E-state index contributed by atoms with van der Waals surface area (Å²) in [7, 11) is 1.19. The fourth-order valence-corrected chi connectivity index (χ4v) is 2.16. The van der Waals surface area contributed by atoms with E-state index in [1.165, 1.54) is 7.11 Å². The fraction of sp³-hybridized carbons (Fsp3) is 0.455. The Hall–Kier alpha value is -2.42. The predicted molar refractivity (Wildman–Crippen MR) is 64.9 cm³/mol. The standard InChI is InChI=1S/C11H13N3O6/c1-20-11(17)9-3-7(15)5-13(9)10(16)8-2-6(4-12-8)14(18)19/h2,4,7,9,12,15H,3,5H2,1H3. The van der Waals surface area contributed by atoms with Gasteiger partial charge in [0.2, 0.25) is 0 Å². The smallest absolute Gasteiger partial charge is 0.328 e. The molecule has 1 aromatic heterocycles. The molecular formula is C11H13N3O6. The van der Waals surface area contributed by atoms with Crippen LogP contribution in [-0.4, -0.2) is 57.6 Å². The summed E-state index contributed by atoms with van der Waals surface area (Å²) in [5.41, 5.74) is -0.262. The number of carbonyl (C=O) groups is 2. The van der Waals surface area contributed by atoms with Gasteiger partial charge in [-0.25, -0.2) is 4.79 Å². The number of amides is 1. The van der Waals surface area contributed by atoms with E-state index in [2.05, 4.69) is 9.72 Å². The molecular weight excluding hydrogens is 270 g/mol. The summed E-state index contributed by atoms with van der Waals surface area (Å²) in [6.07, 6.45) is 0.349. The number of β-amino-alcohol motifs (C(OH)–C–C–N with tert-alkyl or cyclic N) is 1. The maximum atomic E-state index is 12.2. The van der Waals surface area contributed by atoms with Crippen molar-refractivity contribution >= 4 is 17.6 Å². The van der Waals surface area contributed by atoms with E-state index in [0.717, 1.165) is 17.2 Å². The van der Waals surface area contributed by atoms with Gasteiger partial charge in [-0.2, -0.15) is 0 Å². The van der Waals surface area contributed by atoms with Crippen LogP contribution in [0.15, 0.2) is 12.3 Å². The number of nitro groups is 1. The largest absolute Gasteiger partial charge is 0.467 e. The fourth-order valence-electron chi connectivity index (χ4n) is 2.16. The van der Waals surface area contributed by atoms with Crippen LogP contribution in [0.3, 0.4) is 0 Å². The summed E-state index contributed by atoms with van der Waals surface area (Å²) in [6.45, 7) is -0.0224. The average Bonchev–Trinajstić information content (AvgIpc) is 3.03. The van der Waals surface area contributed by atoms with Crippen molar-refractivity contribution in [2.24, 2.45) is 0 Å². The monoisotopic (exact) mass is 283 g/mol. The first-order valence-corrected chi connectivity index (χ1v) is 5.83. The summed E-state index contributed by atoms with van der Waals surface area (Å²) in [5, 5.41) is 20.2. The number of H-pyrrole nitrogens is 1. The Morgan fingerprint density at radius 3 is 2.85 bits per heavy atom. The minimum absolute atomic E-state index is 0.0142. The van der Waals surface area contributed by atoms with E-state index in [1.54, 1.807) is 0 Å². The maximum Gasteiger partial charge on any atom is 0.328 e. The molecule has 0 radical (unpaired) electrons. The molecule has 0 aromatic carbocycles. The first-order chi connectivity index (χ1) is 9.43. The number of aliphatic hydroxyl groups excluding tert-OH is 1. The topological polar surface area (TPSA) is 126 Å². The van der Waals surface area contributed by atoms with E-state index in [9.17, 15) is 24.8 Å². The van der Waals surface area contributed by atoms with Crippen LogP contribution in [0.5, 0.6) is 0 Å².